The molecule has 34 heavy (non-hydrogen) atoms. The summed E-state index contributed by atoms with van der Waals surface area (Å²) in [6.45, 7) is 17.6. The summed E-state index contributed by atoms with van der Waals surface area (Å²) in [7, 11) is 0. The summed E-state index contributed by atoms with van der Waals surface area (Å²) in [5.41, 5.74) is 0.000728. The average molecular weight is 481 g/mol. The lowest BCUT2D eigenvalue weighted by Gasteiger charge is -2.48. The fourth-order valence-corrected chi connectivity index (χ4v) is 7.05. The van der Waals surface area contributed by atoms with Crippen molar-refractivity contribution >= 4 is 11.9 Å². The number of carboxylic acids is 1. The molecule has 0 bridgehead atoms. The van der Waals surface area contributed by atoms with Crippen LogP contribution in [0.2, 0.25) is 0 Å². The normalized spacial score (nSPS) is 24.9. The van der Waals surface area contributed by atoms with E-state index in [1.54, 1.807) is 0 Å². The number of rotatable bonds is 11. The average Bonchev–Trinajstić information content (AvgIpc) is 2.57. The van der Waals surface area contributed by atoms with Gasteiger partial charge in [-0.05, 0) is 92.9 Å². The van der Waals surface area contributed by atoms with Crippen LogP contribution in [0.4, 0.5) is 0 Å². The van der Waals surface area contributed by atoms with Gasteiger partial charge < -0.3 is 20.5 Å². The van der Waals surface area contributed by atoms with Gasteiger partial charge >= 0.3 is 11.9 Å². The Morgan fingerprint density at radius 1 is 0.794 bits per heavy atom. The maximum absolute atomic E-state index is 12.4. The maximum Gasteiger partial charge on any atom is 0.306 e. The van der Waals surface area contributed by atoms with Crippen LogP contribution in [0.3, 0.4) is 0 Å². The molecule has 2 fully saturated rings. The van der Waals surface area contributed by atoms with Crippen molar-refractivity contribution in [3.8, 4) is 0 Å². The van der Waals surface area contributed by atoms with E-state index >= 15 is 0 Å². The standard InChI is InChI=1S/C28H52N2O4/c1-25(2)16-21(17-26(3,4)29-25)20(15-23(31)32)13-11-9-10-12-14-24(33)34-22-18-27(5,6)30-28(7,8)19-22/h20-22,29-30H,9-19H2,1-8H3,(H,31,32). The third-order valence-electron chi connectivity index (χ3n) is 7.48. The van der Waals surface area contributed by atoms with Crippen LogP contribution in [0.25, 0.3) is 0 Å². The molecule has 2 heterocycles. The molecule has 0 aromatic rings. The number of unbranched alkanes of at least 4 members (excludes halogenated alkanes) is 3. The molecular formula is C28H52N2O4. The van der Waals surface area contributed by atoms with Crippen LogP contribution < -0.4 is 10.6 Å². The van der Waals surface area contributed by atoms with Crippen molar-refractivity contribution in [3.63, 3.8) is 0 Å². The Balaban J connectivity index is 1.73. The molecule has 2 saturated heterocycles. The van der Waals surface area contributed by atoms with Gasteiger partial charge in [-0.2, -0.15) is 0 Å². The van der Waals surface area contributed by atoms with Gasteiger partial charge in [-0.3, -0.25) is 9.59 Å². The van der Waals surface area contributed by atoms with Gasteiger partial charge in [0.05, 0.1) is 0 Å². The van der Waals surface area contributed by atoms with Gasteiger partial charge in [-0.25, -0.2) is 0 Å². The highest BCUT2D eigenvalue weighted by atomic mass is 16.5. The van der Waals surface area contributed by atoms with Crippen molar-refractivity contribution in [1.82, 2.24) is 10.6 Å². The molecule has 198 valence electrons. The van der Waals surface area contributed by atoms with Crippen LogP contribution in [0.1, 0.15) is 126 Å². The number of piperidine rings is 2. The Hall–Kier alpha value is -1.14. The first-order valence-electron chi connectivity index (χ1n) is 13.5. The lowest BCUT2D eigenvalue weighted by molar-refractivity contribution is -0.153. The molecule has 2 aliphatic heterocycles. The van der Waals surface area contributed by atoms with Crippen LogP contribution >= 0.6 is 0 Å². The minimum atomic E-state index is -0.689. The first-order chi connectivity index (χ1) is 15.5. The minimum absolute atomic E-state index is 0.0194. The third-order valence-corrected chi connectivity index (χ3v) is 7.48. The van der Waals surface area contributed by atoms with Gasteiger partial charge in [-0.15, -0.1) is 0 Å². The van der Waals surface area contributed by atoms with E-state index in [4.69, 9.17) is 4.74 Å². The Kier molecular flexibility index (Phi) is 9.65. The minimum Gasteiger partial charge on any atom is -0.481 e. The summed E-state index contributed by atoms with van der Waals surface area (Å²) in [5, 5.41) is 16.8. The Morgan fingerprint density at radius 2 is 1.26 bits per heavy atom. The highest BCUT2D eigenvalue weighted by Crippen LogP contribution is 2.40. The summed E-state index contributed by atoms with van der Waals surface area (Å²) in [6.07, 6.45) is 9.27. The van der Waals surface area contributed by atoms with E-state index in [9.17, 15) is 14.7 Å². The molecular weight excluding hydrogens is 428 g/mol. The molecule has 2 rings (SSSR count). The van der Waals surface area contributed by atoms with Gasteiger partial charge in [0.25, 0.3) is 0 Å². The molecule has 6 nitrogen and oxygen atoms in total. The summed E-state index contributed by atoms with van der Waals surface area (Å²) >= 11 is 0. The molecule has 0 saturated carbocycles. The lowest BCUT2D eigenvalue weighted by atomic mass is 9.69. The van der Waals surface area contributed by atoms with E-state index in [1.165, 1.54) is 0 Å². The van der Waals surface area contributed by atoms with Crippen molar-refractivity contribution in [2.45, 2.75) is 154 Å². The Labute approximate surface area is 208 Å². The third kappa shape index (κ3) is 10.2. The van der Waals surface area contributed by atoms with Crippen molar-refractivity contribution < 1.29 is 19.4 Å². The van der Waals surface area contributed by atoms with Gasteiger partial charge in [0.15, 0.2) is 0 Å². The van der Waals surface area contributed by atoms with Crippen LogP contribution in [0.5, 0.6) is 0 Å². The molecule has 1 unspecified atom stereocenters. The molecule has 0 spiro atoms. The molecule has 2 aliphatic rings. The van der Waals surface area contributed by atoms with E-state index in [0.29, 0.717) is 12.3 Å². The summed E-state index contributed by atoms with van der Waals surface area (Å²) in [6, 6.07) is 0. The number of ether oxygens (including phenoxy) is 1. The molecule has 1 atom stereocenters. The largest absolute Gasteiger partial charge is 0.481 e. The number of hydrogen-bond acceptors (Lipinski definition) is 5. The first kappa shape index (κ1) is 29.1. The second kappa shape index (κ2) is 11.3. The molecule has 6 heteroatoms. The number of hydrogen-bond donors (Lipinski definition) is 3. The second-order valence-electron chi connectivity index (χ2n) is 13.8. The number of carbonyl (C=O) groups is 2. The fraction of sp³-hybridized carbons (Fsp3) is 0.929. The molecule has 3 N–H and O–H groups in total. The number of esters is 1. The van der Waals surface area contributed by atoms with Gasteiger partial charge in [0.1, 0.15) is 6.10 Å². The van der Waals surface area contributed by atoms with Crippen molar-refractivity contribution in [3.05, 3.63) is 0 Å². The summed E-state index contributed by atoms with van der Waals surface area (Å²) in [5.74, 6) is -0.127. The van der Waals surface area contributed by atoms with Crippen LogP contribution in [0.15, 0.2) is 0 Å². The maximum atomic E-state index is 12.4. The molecule has 0 aromatic heterocycles. The highest BCUT2D eigenvalue weighted by molar-refractivity contribution is 5.69. The van der Waals surface area contributed by atoms with E-state index in [2.05, 4.69) is 66.0 Å². The smallest absolute Gasteiger partial charge is 0.306 e. The monoisotopic (exact) mass is 480 g/mol. The Morgan fingerprint density at radius 3 is 1.76 bits per heavy atom. The van der Waals surface area contributed by atoms with Crippen LogP contribution in [-0.2, 0) is 14.3 Å². The number of aliphatic carboxylic acids is 1. The van der Waals surface area contributed by atoms with Gasteiger partial charge in [0.2, 0.25) is 0 Å². The van der Waals surface area contributed by atoms with Gasteiger partial charge in [0, 0.05) is 47.8 Å². The molecule has 0 aromatic carbocycles. The highest BCUT2D eigenvalue weighted by Gasteiger charge is 2.41. The fourth-order valence-electron chi connectivity index (χ4n) is 7.05. The van der Waals surface area contributed by atoms with Crippen LogP contribution in [-0.4, -0.2) is 45.3 Å². The summed E-state index contributed by atoms with van der Waals surface area (Å²) in [4.78, 5) is 24.0. The van der Waals surface area contributed by atoms with Crippen molar-refractivity contribution in [2.75, 3.05) is 0 Å². The number of carboxylic acid groups (broad SMARTS) is 1. The number of carbonyl (C=O) groups excluding carboxylic acids is 1. The number of nitrogens with one attached hydrogen (secondary N) is 2. The Bertz CT molecular complexity index is 667. The summed E-state index contributed by atoms with van der Waals surface area (Å²) < 4.78 is 5.82. The van der Waals surface area contributed by atoms with E-state index in [-0.39, 0.29) is 46.6 Å². The zero-order valence-corrected chi connectivity index (χ0v) is 23.2. The molecule has 0 amide bonds. The molecule has 0 aliphatic carbocycles. The van der Waals surface area contributed by atoms with E-state index in [0.717, 1.165) is 57.8 Å². The zero-order chi connectivity index (χ0) is 25.8. The van der Waals surface area contributed by atoms with Gasteiger partial charge in [-0.1, -0.05) is 19.3 Å². The zero-order valence-electron chi connectivity index (χ0n) is 23.2. The quantitative estimate of drug-likeness (QED) is 0.255. The SMILES string of the molecule is CC1(C)CC(OC(=O)CCCCCCC(CC(=O)O)C2CC(C)(C)NC(C)(C)C2)CC(C)(C)N1. The molecule has 0 radical (unpaired) electrons. The predicted octanol–water partition coefficient (Wildman–Crippen LogP) is 5.83. The predicted molar refractivity (Wildman–Crippen MR) is 138 cm³/mol. The van der Waals surface area contributed by atoms with Crippen LogP contribution in [0, 0.1) is 11.8 Å². The van der Waals surface area contributed by atoms with E-state index in [1.807, 2.05) is 0 Å². The van der Waals surface area contributed by atoms with E-state index < -0.39 is 5.97 Å². The lowest BCUT2D eigenvalue weighted by Crippen LogP contribution is -2.59. The second-order valence-corrected chi connectivity index (χ2v) is 13.8. The topological polar surface area (TPSA) is 87.7 Å². The van der Waals surface area contributed by atoms with Crippen molar-refractivity contribution in [2.24, 2.45) is 11.8 Å². The van der Waals surface area contributed by atoms with Crippen molar-refractivity contribution in [1.29, 1.82) is 0 Å². The first-order valence-corrected chi connectivity index (χ1v) is 13.5.